The predicted octanol–water partition coefficient (Wildman–Crippen LogP) is 2.43. The normalized spacial score (nSPS) is 11.2. The van der Waals surface area contributed by atoms with Crippen LogP contribution in [0.2, 0.25) is 0 Å². The highest BCUT2D eigenvalue weighted by atomic mass is 19.4. The van der Waals surface area contributed by atoms with Crippen LogP contribution in [0.1, 0.15) is 21.7 Å². The second-order valence-corrected chi connectivity index (χ2v) is 3.96. The van der Waals surface area contributed by atoms with E-state index in [0.717, 1.165) is 18.0 Å². The van der Waals surface area contributed by atoms with Crippen LogP contribution in [0.5, 0.6) is 0 Å². The Morgan fingerprint density at radius 1 is 1.10 bits per heavy atom. The third-order valence-electron chi connectivity index (χ3n) is 2.46. The van der Waals surface area contributed by atoms with Crippen LogP contribution in [-0.2, 0) is 12.7 Å². The van der Waals surface area contributed by atoms with E-state index >= 15 is 0 Å². The van der Waals surface area contributed by atoms with Crippen molar-refractivity contribution in [3.8, 4) is 0 Å². The summed E-state index contributed by atoms with van der Waals surface area (Å²) in [5.41, 5.74) is 0.864. The molecule has 0 radical (unpaired) electrons. The van der Waals surface area contributed by atoms with Crippen LogP contribution in [0.3, 0.4) is 0 Å². The van der Waals surface area contributed by atoms with E-state index in [9.17, 15) is 18.0 Å². The number of aromatic nitrogens is 2. The van der Waals surface area contributed by atoms with Crippen molar-refractivity contribution in [2.75, 3.05) is 0 Å². The summed E-state index contributed by atoms with van der Waals surface area (Å²) < 4.78 is 36.8. The van der Waals surface area contributed by atoms with Gasteiger partial charge in [0.2, 0.25) is 5.82 Å². The molecule has 0 aliphatic heterocycles. The molecule has 0 bridgehead atoms. The quantitative estimate of drug-likeness (QED) is 0.940. The maximum Gasteiger partial charge on any atom is 0.451 e. The molecule has 2 rings (SSSR count). The van der Waals surface area contributed by atoms with Crippen molar-refractivity contribution in [3.05, 3.63) is 59.7 Å². The predicted molar refractivity (Wildman–Crippen MR) is 64.6 cm³/mol. The molecule has 1 amide bonds. The van der Waals surface area contributed by atoms with Crippen molar-refractivity contribution in [1.29, 1.82) is 0 Å². The molecule has 0 fully saturated rings. The zero-order valence-electron chi connectivity index (χ0n) is 10.2. The van der Waals surface area contributed by atoms with Gasteiger partial charge in [0.05, 0.1) is 5.56 Å². The molecule has 1 N–H and O–H groups in total. The molecule has 0 saturated carbocycles. The third-order valence-corrected chi connectivity index (χ3v) is 2.46. The number of amides is 1. The third kappa shape index (κ3) is 3.53. The highest BCUT2D eigenvalue weighted by Gasteiger charge is 2.34. The van der Waals surface area contributed by atoms with Gasteiger partial charge in [-0.25, -0.2) is 9.97 Å². The molecule has 1 aromatic heterocycles. The summed E-state index contributed by atoms with van der Waals surface area (Å²) in [5, 5.41) is 2.57. The summed E-state index contributed by atoms with van der Waals surface area (Å²) >= 11 is 0. The van der Waals surface area contributed by atoms with Gasteiger partial charge in [0.25, 0.3) is 5.91 Å². The second-order valence-electron chi connectivity index (χ2n) is 3.96. The van der Waals surface area contributed by atoms with Gasteiger partial charge >= 0.3 is 6.18 Å². The SMILES string of the molecule is O=C(NCc1ccccc1)c1cnc(C(F)(F)F)nc1. The molecule has 1 heterocycles. The van der Waals surface area contributed by atoms with Gasteiger partial charge in [-0.2, -0.15) is 13.2 Å². The maximum atomic E-state index is 12.3. The number of hydrogen-bond acceptors (Lipinski definition) is 3. The minimum absolute atomic E-state index is 0.0195. The maximum absolute atomic E-state index is 12.3. The topological polar surface area (TPSA) is 54.9 Å². The van der Waals surface area contributed by atoms with Gasteiger partial charge in [-0.3, -0.25) is 4.79 Å². The van der Waals surface area contributed by atoms with Crippen molar-refractivity contribution in [1.82, 2.24) is 15.3 Å². The average Bonchev–Trinajstić information content (AvgIpc) is 2.45. The number of hydrogen-bond donors (Lipinski definition) is 1. The van der Waals surface area contributed by atoms with Crippen molar-refractivity contribution < 1.29 is 18.0 Å². The molecule has 0 saturated heterocycles. The first-order valence-electron chi connectivity index (χ1n) is 5.68. The van der Waals surface area contributed by atoms with E-state index in [1.807, 2.05) is 30.3 Å². The molecule has 4 nitrogen and oxygen atoms in total. The first kappa shape index (κ1) is 14.0. The molecule has 0 spiro atoms. The standard InChI is InChI=1S/C13H10F3N3O/c14-13(15,16)12-18-7-10(8-19-12)11(20)17-6-9-4-2-1-3-5-9/h1-5,7-8H,6H2,(H,17,20). The lowest BCUT2D eigenvalue weighted by atomic mass is 10.2. The number of rotatable bonds is 3. The summed E-state index contributed by atoms with van der Waals surface area (Å²) in [5.74, 6) is -1.79. The summed E-state index contributed by atoms with van der Waals surface area (Å²) in [4.78, 5) is 18.0. The largest absolute Gasteiger partial charge is 0.451 e. The molecule has 0 aliphatic rings. The Morgan fingerprint density at radius 3 is 2.25 bits per heavy atom. The smallest absolute Gasteiger partial charge is 0.348 e. The fourth-order valence-electron chi connectivity index (χ4n) is 1.47. The lowest BCUT2D eigenvalue weighted by Crippen LogP contribution is -2.23. The van der Waals surface area contributed by atoms with Crippen LogP contribution in [0, 0.1) is 0 Å². The number of halogens is 3. The van der Waals surface area contributed by atoms with Crippen molar-refractivity contribution >= 4 is 5.91 Å². The Kier molecular flexibility index (Phi) is 3.97. The monoisotopic (exact) mass is 281 g/mol. The number of carbonyl (C=O) groups excluding carboxylic acids is 1. The number of alkyl halides is 3. The average molecular weight is 281 g/mol. The number of carbonyl (C=O) groups is 1. The van der Waals surface area contributed by atoms with Crippen molar-refractivity contribution in [2.45, 2.75) is 12.7 Å². The Bertz CT molecular complexity index is 582. The van der Waals surface area contributed by atoms with Gasteiger partial charge < -0.3 is 5.32 Å². The molecule has 20 heavy (non-hydrogen) atoms. The highest BCUT2D eigenvalue weighted by molar-refractivity contribution is 5.93. The van der Waals surface area contributed by atoms with Gasteiger partial charge in [-0.15, -0.1) is 0 Å². The zero-order chi connectivity index (χ0) is 14.6. The van der Waals surface area contributed by atoms with Crippen LogP contribution >= 0.6 is 0 Å². The molecular weight excluding hydrogens is 271 g/mol. The van der Waals surface area contributed by atoms with E-state index in [1.165, 1.54) is 0 Å². The van der Waals surface area contributed by atoms with Gasteiger partial charge in [-0.1, -0.05) is 30.3 Å². The van der Waals surface area contributed by atoms with Gasteiger partial charge in [0, 0.05) is 18.9 Å². The molecule has 2 aromatic rings. The van der Waals surface area contributed by atoms with Gasteiger partial charge in [0.1, 0.15) is 0 Å². The first-order valence-corrected chi connectivity index (χ1v) is 5.68. The minimum Gasteiger partial charge on any atom is -0.348 e. The van der Waals surface area contributed by atoms with Gasteiger partial charge in [0.15, 0.2) is 0 Å². The molecule has 7 heteroatoms. The number of nitrogens with one attached hydrogen (secondary N) is 1. The Morgan fingerprint density at radius 2 is 1.70 bits per heavy atom. The molecule has 0 unspecified atom stereocenters. The van der Waals surface area contributed by atoms with E-state index < -0.39 is 17.9 Å². The fourth-order valence-corrected chi connectivity index (χ4v) is 1.47. The molecular formula is C13H10F3N3O. The zero-order valence-corrected chi connectivity index (χ0v) is 10.2. The van der Waals surface area contributed by atoms with E-state index in [0.29, 0.717) is 0 Å². The molecule has 0 aliphatic carbocycles. The van der Waals surface area contributed by atoms with Crippen molar-refractivity contribution in [3.63, 3.8) is 0 Å². The second kappa shape index (κ2) is 5.68. The van der Waals surface area contributed by atoms with E-state index in [2.05, 4.69) is 15.3 Å². The van der Waals surface area contributed by atoms with Crippen LogP contribution in [0.4, 0.5) is 13.2 Å². The van der Waals surface area contributed by atoms with E-state index in [-0.39, 0.29) is 12.1 Å². The van der Waals surface area contributed by atoms with Crippen molar-refractivity contribution in [2.24, 2.45) is 0 Å². The summed E-state index contributed by atoms with van der Waals surface area (Å²) in [6.07, 6.45) is -2.90. The van der Waals surface area contributed by atoms with E-state index in [1.54, 1.807) is 0 Å². The van der Waals surface area contributed by atoms with Crippen LogP contribution in [0.25, 0.3) is 0 Å². The Balaban J connectivity index is 1.99. The lowest BCUT2D eigenvalue weighted by Gasteiger charge is -2.06. The number of benzene rings is 1. The Labute approximate surface area is 112 Å². The van der Waals surface area contributed by atoms with Crippen LogP contribution in [0.15, 0.2) is 42.7 Å². The lowest BCUT2D eigenvalue weighted by molar-refractivity contribution is -0.145. The van der Waals surface area contributed by atoms with Crippen LogP contribution in [-0.4, -0.2) is 15.9 Å². The molecule has 104 valence electrons. The summed E-state index contributed by atoms with van der Waals surface area (Å²) in [6.45, 7) is 0.278. The first-order chi connectivity index (χ1) is 9.47. The highest BCUT2D eigenvalue weighted by Crippen LogP contribution is 2.25. The summed E-state index contributed by atoms with van der Waals surface area (Å²) in [7, 11) is 0. The minimum atomic E-state index is -4.61. The fraction of sp³-hybridized carbons (Fsp3) is 0.154. The van der Waals surface area contributed by atoms with Crippen LogP contribution < -0.4 is 5.32 Å². The number of nitrogens with zero attached hydrogens (tertiary/aromatic N) is 2. The van der Waals surface area contributed by atoms with Gasteiger partial charge in [-0.05, 0) is 5.56 Å². The Hall–Kier alpha value is -2.44. The molecule has 1 aromatic carbocycles. The molecule has 0 atom stereocenters. The summed E-state index contributed by atoms with van der Waals surface area (Å²) in [6, 6.07) is 9.13. The van der Waals surface area contributed by atoms with E-state index in [4.69, 9.17) is 0 Å².